The van der Waals surface area contributed by atoms with Crippen LogP contribution in [0.5, 0.6) is 0 Å². The maximum Gasteiger partial charge on any atom is 0.304 e. The predicted octanol–water partition coefficient (Wildman–Crippen LogP) is 5.23. The summed E-state index contributed by atoms with van der Waals surface area (Å²) in [7, 11) is 0. The van der Waals surface area contributed by atoms with Crippen LogP contribution in [0, 0.1) is 11.8 Å². The Bertz CT molecular complexity index is 751. The fourth-order valence-corrected chi connectivity index (χ4v) is 2.67. The largest absolute Gasteiger partial charge is 0.481 e. The fourth-order valence-electron chi connectivity index (χ4n) is 2.67. The third-order valence-corrected chi connectivity index (χ3v) is 4.09. The van der Waals surface area contributed by atoms with Crippen LogP contribution in [0.25, 0.3) is 11.1 Å². The number of benzene rings is 2. The fraction of sp³-hybridized carbons (Fsp3) is 0.318. The Labute approximate surface area is 144 Å². The first kappa shape index (κ1) is 17.8. The van der Waals surface area contributed by atoms with Crippen LogP contribution in [-0.4, -0.2) is 11.1 Å². The van der Waals surface area contributed by atoms with Crippen molar-refractivity contribution in [2.24, 2.45) is 0 Å². The van der Waals surface area contributed by atoms with Gasteiger partial charge in [0.05, 0.1) is 12.3 Å². The average Bonchev–Trinajstić information content (AvgIpc) is 2.54. The minimum Gasteiger partial charge on any atom is -0.481 e. The van der Waals surface area contributed by atoms with E-state index in [2.05, 4.69) is 56.9 Å². The molecule has 1 unspecified atom stereocenters. The molecule has 2 aromatic carbocycles. The summed E-state index contributed by atoms with van der Waals surface area (Å²) in [5.41, 5.74) is 4.68. The van der Waals surface area contributed by atoms with E-state index in [0.717, 1.165) is 16.7 Å². The average molecular weight is 320 g/mol. The molecule has 24 heavy (non-hydrogen) atoms. The van der Waals surface area contributed by atoms with E-state index in [9.17, 15) is 4.79 Å². The van der Waals surface area contributed by atoms with Gasteiger partial charge < -0.3 is 5.11 Å². The summed E-state index contributed by atoms with van der Waals surface area (Å²) in [5.74, 6) is 4.72. The molecular formula is C22H24O2. The number of carbonyl (C=O) groups is 1. The van der Waals surface area contributed by atoms with Crippen molar-refractivity contribution >= 4 is 5.97 Å². The normalized spacial score (nSPS) is 12.2. The number of rotatable bonds is 4. The van der Waals surface area contributed by atoms with E-state index < -0.39 is 5.97 Å². The van der Waals surface area contributed by atoms with Gasteiger partial charge in [-0.1, -0.05) is 75.2 Å². The lowest BCUT2D eigenvalue weighted by atomic mass is 9.86. The van der Waals surface area contributed by atoms with E-state index in [0.29, 0.717) is 0 Å². The third kappa shape index (κ3) is 4.49. The standard InChI is InChI=1S/C22H24O2/c1-5-6-19(15-21(23)24)18-9-7-16(8-10-18)17-11-13-20(14-12-17)22(2,3)4/h7-14,19H,15H2,1-4H3,(H,23,24). The maximum atomic E-state index is 11.0. The smallest absolute Gasteiger partial charge is 0.304 e. The molecule has 0 aliphatic rings. The first-order valence-corrected chi connectivity index (χ1v) is 8.16. The second kappa shape index (κ2) is 7.36. The Hall–Kier alpha value is -2.53. The highest BCUT2D eigenvalue weighted by atomic mass is 16.4. The van der Waals surface area contributed by atoms with E-state index in [1.54, 1.807) is 6.92 Å². The van der Waals surface area contributed by atoms with Gasteiger partial charge >= 0.3 is 5.97 Å². The molecule has 0 saturated carbocycles. The summed E-state index contributed by atoms with van der Waals surface area (Å²) >= 11 is 0. The van der Waals surface area contributed by atoms with E-state index >= 15 is 0 Å². The van der Waals surface area contributed by atoms with Gasteiger partial charge in [-0.05, 0) is 34.6 Å². The van der Waals surface area contributed by atoms with Crippen molar-refractivity contribution in [3.05, 3.63) is 59.7 Å². The molecule has 0 bridgehead atoms. The van der Waals surface area contributed by atoms with Gasteiger partial charge in [-0.2, -0.15) is 0 Å². The van der Waals surface area contributed by atoms with Crippen LogP contribution in [0.3, 0.4) is 0 Å². The first-order chi connectivity index (χ1) is 11.3. The molecule has 0 aromatic heterocycles. The van der Waals surface area contributed by atoms with Crippen molar-refractivity contribution in [2.75, 3.05) is 0 Å². The molecule has 0 spiro atoms. The zero-order valence-corrected chi connectivity index (χ0v) is 14.8. The molecule has 0 aliphatic heterocycles. The van der Waals surface area contributed by atoms with E-state index in [4.69, 9.17) is 5.11 Å². The van der Waals surface area contributed by atoms with Crippen LogP contribution in [0.4, 0.5) is 0 Å². The molecule has 0 saturated heterocycles. The van der Waals surface area contributed by atoms with Crippen molar-refractivity contribution in [3.63, 3.8) is 0 Å². The lowest BCUT2D eigenvalue weighted by molar-refractivity contribution is -0.137. The molecule has 0 amide bonds. The summed E-state index contributed by atoms with van der Waals surface area (Å²) in [6, 6.07) is 16.6. The van der Waals surface area contributed by atoms with Gasteiger partial charge in [0.1, 0.15) is 0 Å². The second-order valence-electron chi connectivity index (χ2n) is 6.99. The molecule has 2 aromatic rings. The van der Waals surface area contributed by atoms with Crippen LogP contribution in [0.15, 0.2) is 48.5 Å². The number of carboxylic acids is 1. The minimum atomic E-state index is -0.829. The second-order valence-corrected chi connectivity index (χ2v) is 6.99. The Morgan fingerprint density at radius 3 is 1.92 bits per heavy atom. The number of carboxylic acid groups (broad SMARTS) is 1. The van der Waals surface area contributed by atoms with Crippen molar-refractivity contribution < 1.29 is 9.90 Å². The predicted molar refractivity (Wildman–Crippen MR) is 99.0 cm³/mol. The molecule has 124 valence electrons. The summed E-state index contributed by atoms with van der Waals surface area (Å²) in [5, 5.41) is 9.03. The van der Waals surface area contributed by atoms with Crippen molar-refractivity contribution in [2.45, 2.75) is 45.4 Å². The molecule has 0 radical (unpaired) electrons. The van der Waals surface area contributed by atoms with Crippen molar-refractivity contribution in [3.8, 4) is 23.0 Å². The van der Waals surface area contributed by atoms with E-state index in [1.165, 1.54) is 5.56 Å². The molecule has 2 rings (SSSR count). The molecule has 0 fully saturated rings. The summed E-state index contributed by atoms with van der Waals surface area (Å²) < 4.78 is 0. The summed E-state index contributed by atoms with van der Waals surface area (Å²) in [4.78, 5) is 11.0. The Kier molecular flexibility index (Phi) is 5.46. The van der Waals surface area contributed by atoms with E-state index in [-0.39, 0.29) is 17.8 Å². The van der Waals surface area contributed by atoms with Gasteiger partial charge in [-0.3, -0.25) is 4.79 Å². The SMILES string of the molecule is CC#CC(CC(=O)O)c1ccc(-c2ccc(C(C)(C)C)cc2)cc1. The van der Waals surface area contributed by atoms with Crippen LogP contribution in [-0.2, 0) is 10.2 Å². The van der Waals surface area contributed by atoms with Crippen LogP contribution in [0.1, 0.15) is 51.2 Å². The first-order valence-electron chi connectivity index (χ1n) is 8.16. The number of aliphatic carboxylic acids is 1. The molecule has 2 nitrogen and oxygen atoms in total. The lowest BCUT2D eigenvalue weighted by Crippen LogP contribution is -2.10. The molecule has 0 heterocycles. The zero-order chi connectivity index (χ0) is 17.7. The lowest BCUT2D eigenvalue weighted by Gasteiger charge is -2.19. The van der Waals surface area contributed by atoms with Gasteiger partial charge in [-0.15, -0.1) is 5.92 Å². The van der Waals surface area contributed by atoms with Gasteiger partial charge in [0.2, 0.25) is 0 Å². The van der Waals surface area contributed by atoms with Gasteiger partial charge in [0.25, 0.3) is 0 Å². The van der Waals surface area contributed by atoms with Gasteiger partial charge in [-0.25, -0.2) is 0 Å². The highest BCUT2D eigenvalue weighted by molar-refractivity contribution is 5.69. The quantitative estimate of drug-likeness (QED) is 0.783. The van der Waals surface area contributed by atoms with E-state index in [1.807, 2.05) is 24.3 Å². The zero-order valence-electron chi connectivity index (χ0n) is 14.8. The third-order valence-electron chi connectivity index (χ3n) is 4.09. The highest BCUT2D eigenvalue weighted by Gasteiger charge is 2.14. The minimum absolute atomic E-state index is 0.0282. The molecular weight excluding hydrogens is 296 g/mol. The number of hydrogen-bond donors (Lipinski definition) is 1. The monoisotopic (exact) mass is 320 g/mol. The van der Waals surface area contributed by atoms with Crippen LogP contribution >= 0.6 is 0 Å². The Balaban J connectivity index is 2.24. The van der Waals surface area contributed by atoms with Crippen LogP contribution < -0.4 is 0 Å². The molecule has 2 heteroatoms. The highest BCUT2D eigenvalue weighted by Crippen LogP contribution is 2.27. The van der Waals surface area contributed by atoms with Crippen LogP contribution in [0.2, 0.25) is 0 Å². The van der Waals surface area contributed by atoms with Crippen molar-refractivity contribution in [1.82, 2.24) is 0 Å². The van der Waals surface area contributed by atoms with Gasteiger partial charge in [0.15, 0.2) is 0 Å². The summed E-state index contributed by atoms with van der Waals surface area (Å²) in [6.45, 7) is 8.34. The Morgan fingerprint density at radius 1 is 1.00 bits per heavy atom. The molecule has 1 N–H and O–H groups in total. The van der Waals surface area contributed by atoms with Crippen molar-refractivity contribution in [1.29, 1.82) is 0 Å². The molecule has 0 aliphatic carbocycles. The summed E-state index contributed by atoms with van der Waals surface area (Å²) in [6.07, 6.45) is 0.0282. The molecule has 1 atom stereocenters. The Morgan fingerprint density at radius 2 is 1.50 bits per heavy atom. The van der Waals surface area contributed by atoms with Gasteiger partial charge in [0, 0.05) is 0 Å². The number of hydrogen-bond acceptors (Lipinski definition) is 1. The maximum absolute atomic E-state index is 11.0. The topological polar surface area (TPSA) is 37.3 Å².